The maximum absolute atomic E-state index is 10.3. The number of ether oxygens (including phenoxy) is 1. The van der Waals surface area contributed by atoms with Crippen molar-refractivity contribution in [3.63, 3.8) is 0 Å². The van der Waals surface area contributed by atoms with Gasteiger partial charge in [0.05, 0.1) is 13.2 Å². The second-order valence-corrected chi connectivity index (χ2v) is 7.61. The highest BCUT2D eigenvalue weighted by molar-refractivity contribution is 7.99. The minimum absolute atomic E-state index is 0.335. The Morgan fingerprint density at radius 2 is 2.00 bits per heavy atom. The van der Waals surface area contributed by atoms with Gasteiger partial charge in [-0.1, -0.05) is 18.2 Å². The van der Waals surface area contributed by atoms with Crippen molar-refractivity contribution in [3.8, 4) is 5.75 Å². The lowest BCUT2D eigenvalue weighted by molar-refractivity contribution is -0.187. The molecule has 2 fully saturated rings. The molecule has 1 N–H and O–H groups in total. The molecule has 1 unspecified atom stereocenters. The van der Waals surface area contributed by atoms with Crippen molar-refractivity contribution in [3.05, 3.63) is 29.8 Å². The smallest absolute Gasteiger partial charge is 0.124 e. The van der Waals surface area contributed by atoms with Crippen LogP contribution in [0.15, 0.2) is 24.3 Å². The van der Waals surface area contributed by atoms with E-state index >= 15 is 0 Å². The number of aliphatic hydroxyl groups excluding tert-OH is 1. The Morgan fingerprint density at radius 1 is 1.17 bits per heavy atom. The summed E-state index contributed by atoms with van der Waals surface area (Å²) in [5.41, 5.74) is 1.11. The Morgan fingerprint density at radius 3 is 2.79 bits per heavy atom. The van der Waals surface area contributed by atoms with Crippen LogP contribution in [0.3, 0.4) is 0 Å². The highest BCUT2D eigenvalue weighted by Gasteiger charge is 2.17. The third-order valence-electron chi connectivity index (χ3n) is 4.40. The summed E-state index contributed by atoms with van der Waals surface area (Å²) in [6, 6.07) is 8.04. The Hall–Kier alpha value is -0.790. The molecule has 0 aliphatic carbocycles. The lowest BCUT2D eigenvalue weighted by Gasteiger charge is -2.28. The molecule has 2 saturated heterocycles. The van der Waals surface area contributed by atoms with E-state index in [2.05, 4.69) is 11.0 Å². The maximum Gasteiger partial charge on any atom is 0.124 e. The first kappa shape index (κ1) is 18.0. The third kappa shape index (κ3) is 5.63. The van der Waals surface area contributed by atoms with E-state index in [-0.39, 0.29) is 0 Å². The topological polar surface area (TPSA) is 45.2 Å². The first-order valence-electron chi connectivity index (χ1n) is 8.88. The number of aliphatic hydroxyl groups is 1. The summed E-state index contributed by atoms with van der Waals surface area (Å²) in [4.78, 5) is 8.00. The van der Waals surface area contributed by atoms with Gasteiger partial charge >= 0.3 is 0 Å². The van der Waals surface area contributed by atoms with Gasteiger partial charge in [-0.25, -0.2) is 0 Å². The molecule has 24 heavy (non-hydrogen) atoms. The molecule has 1 atom stereocenters. The molecule has 2 heterocycles. The number of para-hydroxylation sites is 1. The monoisotopic (exact) mass is 352 g/mol. The van der Waals surface area contributed by atoms with Gasteiger partial charge < -0.3 is 9.84 Å². The zero-order chi connectivity index (χ0) is 16.6. The van der Waals surface area contributed by atoms with Crippen LogP contribution < -0.4 is 4.74 Å². The highest BCUT2D eigenvalue weighted by atomic mass is 32.2. The van der Waals surface area contributed by atoms with Gasteiger partial charge in [-0.05, 0) is 18.9 Å². The lowest BCUT2D eigenvalue weighted by Crippen LogP contribution is -2.40. The maximum atomic E-state index is 10.3. The van der Waals surface area contributed by atoms with Crippen LogP contribution in [0, 0.1) is 0 Å². The number of β-amino-alcohol motifs (C(OH)–C–C–N with tert-alkyl or cyclic N) is 1. The normalized spacial score (nSPS) is 21.5. The molecule has 0 spiro atoms. The molecule has 0 aromatic heterocycles. The van der Waals surface area contributed by atoms with Crippen molar-refractivity contribution < 1.29 is 14.7 Å². The van der Waals surface area contributed by atoms with Gasteiger partial charge in [-0.2, -0.15) is 16.8 Å². The standard InChI is InChI=1S/C18H28N2O3S/c21-17(14-19-8-11-24-12-9-19)15-22-18-6-2-1-5-16(18)13-20-7-3-4-10-23-20/h1-2,5-6,17,21H,3-4,7-15H2. The SMILES string of the molecule is OC(COc1ccccc1CN1CCCCO1)CN1CCSCC1. The Bertz CT molecular complexity index is 491. The van der Waals surface area contributed by atoms with Gasteiger partial charge in [0.25, 0.3) is 0 Å². The molecule has 6 heteroatoms. The fourth-order valence-corrected chi connectivity index (χ4v) is 4.04. The van der Waals surface area contributed by atoms with Crippen molar-refractivity contribution in [1.82, 2.24) is 9.96 Å². The van der Waals surface area contributed by atoms with Crippen LogP contribution in [0.25, 0.3) is 0 Å². The van der Waals surface area contributed by atoms with Crippen molar-refractivity contribution in [2.45, 2.75) is 25.5 Å². The zero-order valence-corrected chi connectivity index (χ0v) is 15.0. The average molecular weight is 353 g/mol. The molecular weight excluding hydrogens is 324 g/mol. The fraction of sp³-hybridized carbons (Fsp3) is 0.667. The molecule has 0 saturated carbocycles. The van der Waals surface area contributed by atoms with Gasteiger partial charge in [-0.3, -0.25) is 9.74 Å². The van der Waals surface area contributed by atoms with Crippen molar-refractivity contribution in [2.24, 2.45) is 0 Å². The van der Waals surface area contributed by atoms with Gasteiger partial charge in [0.15, 0.2) is 0 Å². The molecule has 5 nitrogen and oxygen atoms in total. The van der Waals surface area contributed by atoms with Crippen LogP contribution in [-0.4, -0.2) is 72.1 Å². The molecule has 3 rings (SSSR count). The fourth-order valence-electron chi connectivity index (χ4n) is 3.06. The molecular formula is C18H28N2O3S. The number of thioether (sulfide) groups is 1. The Kier molecular flexibility index (Phi) is 7.23. The van der Waals surface area contributed by atoms with Crippen LogP contribution in [0.2, 0.25) is 0 Å². The summed E-state index contributed by atoms with van der Waals surface area (Å²) in [7, 11) is 0. The Labute approximate surface area is 148 Å². The second-order valence-electron chi connectivity index (χ2n) is 6.39. The molecule has 2 aliphatic heterocycles. The average Bonchev–Trinajstić information content (AvgIpc) is 2.63. The summed E-state index contributed by atoms with van der Waals surface area (Å²) >= 11 is 1.98. The van der Waals surface area contributed by atoms with Crippen LogP contribution in [0.5, 0.6) is 5.75 Å². The molecule has 134 valence electrons. The van der Waals surface area contributed by atoms with E-state index in [0.717, 1.165) is 62.0 Å². The zero-order valence-electron chi connectivity index (χ0n) is 14.2. The number of hydrogen-bond donors (Lipinski definition) is 1. The molecule has 1 aromatic rings. The van der Waals surface area contributed by atoms with Crippen molar-refractivity contribution in [2.75, 3.05) is 50.9 Å². The van der Waals surface area contributed by atoms with Crippen molar-refractivity contribution in [1.29, 1.82) is 0 Å². The summed E-state index contributed by atoms with van der Waals surface area (Å²) in [5, 5.41) is 12.3. The van der Waals surface area contributed by atoms with Crippen LogP contribution in [0.1, 0.15) is 18.4 Å². The first-order chi connectivity index (χ1) is 11.8. The summed E-state index contributed by atoms with van der Waals surface area (Å²) in [6.07, 6.45) is 1.86. The van der Waals surface area contributed by atoms with Gasteiger partial charge in [0.2, 0.25) is 0 Å². The van der Waals surface area contributed by atoms with Gasteiger partial charge in [0.1, 0.15) is 18.5 Å². The summed E-state index contributed by atoms with van der Waals surface area (Å²) < 4.78 is 5.92. The largest absolute Gasteiger partial charge is 0.491 e. The van der Waals surface area contributed by atoms with E-state index in [0.29, 0.717) is 13.2 Å². The predicted molar refractivity (Wildman–Crippen MR) is 97.3 cm³/mol. The summed E-state index contributed by atoms with van der Waals surface area (Å²) in [5.74, 6) is 3.17. The number of hydroxylamine groups is 2. The summed E-state index contributed by atoms with van der Waals surface area (Å²) in [6.45, 7) is 5.64. The third-order valence-corrected chi connectivity index (χ3v) is 5.34. The van der Waals surface area contributed by atoms with Crippen LogP contribution in [-0.2, 0) is 11.4 Å². The van der Waals surface area contributed by atoms with E-state index in [1.165, 1.54) is 6.42 Å². The quantitative estimate of drug-likeness (QED) is 0.810. The van der Waals surface area contributed by atoms with Crippen LogP contribution >= 0.6 is 11.8 Å². The van der Waals surface area contributed by atoms with Crippen LogP contribution in [0.4, 0.5) is 0 Å². The number of hydrogen-bond acceptors (Lipinski definition) is 6. The van der Waals surface area contributed by atoms with Gasteiger partial charge in [0, 0.05) is 43.2 Å². The predicted octanol–water partition coefficient (Wildman–Crippen LogP) is 2.00. The minimum atomic E-state index is -0.451. The van der Waals surface area contributed by atoms with E-state index < -0.39 is 6.10 Å². The number of nitrogens with zero attached hydrogens (tertiary/aromatic N) is 2. The van der Waals surface area contributed by atoms with E-state index in [1.807, 2.05) is 35.0 Å². The van der Waals surface area contributed by atoms with E-state index in [1.54, 1.807) is 0 Å². The first-order valence-corrected chi connectivity index (χ1v) is 10.0. The van der Waals surface area contributed by atoms with Gasteiger partial charge in [-0.15, -0.1) is 0 Å². The number of benzene rings is 1. The second kappa shape index (κ2) is 9.63. The molecule has 1 aromatic carbocycles. The molecule has 0 bridgehead atoms. The molecule has 0 radical (unpaired) electrons. The highest BCUT2D eigenvalue weighted by Crippen LogP contribution is 2.21. The lowest BCUT2D eigenvalue weighted by atomic mass is 10.2. The Balaban J connectivity index is 1.48. The molecule has 0 amide bonds. The molecule has 2 aliphatic rings. The number of rotatable bonds is 7. The van der Waals surface area contributed by atoms with E-state index in [4.69, 9.17) is 9.57 Å². The minimum Gasteiger partial charge on any atom is -0.491 e. The van der Waals surface area contributed by atoms with E-state index in [9.17, 15) is 5.11 Å². The van der Waals surface area contributed by atoms with Crippen molar-refractivity contribution >= 4 is 11.8 Å².